The van der Waals surface area contributed by atoms with E-state index >= 15 is 0 Å². The number of rotatable bonds is 8. The lowest BCUT2D eigenvalue weighted by atomic mass is 10.2. The molecule has 0 fully saturated rings. The van der Waals surface area contributed by atoms with Gasteiger partial charge in [-0.3, -0.25) is 0 Å². The van der Waals surface area contributed by atoms with Crippen molar-refractivity contribution >= 4 is 23.2 Å². The predicted octanol–water partition coefficient (Wildman–Crippen LogP) is 5.99. The Hall–Kier alpha value is -3.53. The van der Waals surface area contributed by atoms with Gasteiger partial charge in [0.15, 0.2) is 0 Å². The van der Waals surface area contributed by atoms with Crippen LogP contribution in [0, 0.1) is 6.92 Å². The minimum atomic E-state index is 0.658. The molecule has 4 heteroatoms. The van der Waals surface area contributed by atoms with Gasteiger partial charge < -0.3 is 14.0 Å². The molecule has 1 heterocycles. The number of hydrogen-bond donors (Lipinski definition) is 0. The first-order valence-electron chi connectivity index (χ1n) is 10.2. The highest BCUT2D eigenvalue weighted by molar-refractivity contribution is 5.80. The maximum Gasteiger partial charge on any atom is 0.133 e. The van der Waals surface area contributed by atoms with Crippen LogP contribution in [0.25, 0.3) is 23.2 Å². The zero-order chi connectivity index (χ0) is 20.8. The van der Waals surface area contributed by atoms with Gasteiger partial charge in [-0.1, -0.05) is 42.5 Å². The number of aromatic nitrogens is 2. The third kappa shape index (κ3) is 4.54. The third-order valence-electron chi connectivity index (χ3n) is 5.02. The number of para-hydroxylation sites is 3. The van der Waals surface area contributed by atoms with Crippen LogP contribution in [-0.2, 0) is 6.54 Å². The van der Waals surface area contributed by atoms with E-state index < -0.39 is 0 Å². The van der Waals surface area contributed by atoms with Crippen LogP contribution in [0.3, 0.4) is 0 Å². The summed E-state index contributed by atoms with van der Waals surface area (Å²) in [5.41, 5.74) is 4.36. The lowest BCUT2D eigenvalue weighted by molar-refractivity contribution is 0.302. The first-order chi connectivity index (χ1) is 14.7. The minimum absolute atomic E-state index is 0.658. The second-order valence-corrected chi connectivity index (χ2v) is 7.20. The predicted molar refractivity (Wildman–Crippen MR) is 123 cm³/mol. The highest BCUT2D eigenvalue weighted by atomic mass is 16.5. The van der Waals surface area contributed by atoms with Crippen LogP contribution >= 0.6 is 0 Å². The molecule has 1 aromatic heterocycles. The Morgan fingerprint density at radius 3 is 2.63 bits per heavy atom. The van der Waals surface area contributed by atoms with Crippen molar-refractivity contribution in [1.29, 1.82) is 0 Å². The highest BCUT2D eigenvalue weighted by Crippen LogP contribution is 2.22. The van der Waals surface area contributed by atoms with Gasteiger partial charge in [-0.2, -0.15) is 0 Å². The molecule has 4 rings (SSSR count). The van der Waals surface area contributed by atoms with Gasteiger partial charge >= 0.3 is 0 Å². The van der Waals surface area contributed by atoms with Crippen LogP contribution in [-0.4, -0.2) is 23.3 Å². The molecule has 0 unspecified atom stereocenters. The first-order valence-corrected chi connectivity index (χ1v) is 10.2. The van der Waals surface area contributed by atoms with E-state index in [-0.39, 0.29) is 0 Å². The van der Waals surface area contributed by atoms with Crippen molar-refractivity contribution in [3.8, 4) is 11.5 Å². The van der Waals surface area contributed by atoms with Gasteiger partial charge in [-0.25, -0.2) is 4.98 Å². The summed E-state index contributed by atoms with van der Waals surface area (Å²) in [6.07, 6.45) is 5.00. The van der Waals surface area contributed by atoms with Crippen molar-refractivity contribution in [2.45, 2.75) is 19.9 Å². The zero-order valence-electron chi connectivity index (χ0n) is 17.4. The Kier molecular flexibility index (Phi) is 6.14. The molecular formula is C26H26N2O2. The molecule has 0 aliphatic rings. The second-order valence-electron chi connectivity index (χ2n) is 7.20. The van der Waals surface area contributed by atoms with E-state index in [4.69, 9.17) is 14.5 Å². The van der Waals surface area contributed by atoms with Crippen LogP contribution in [0.1, 0.15) is 23.4 Å². The van der Waals surface area contributed by atoms with E-state index in [1.54, 1.807) is 7.11 Å². The first kappa shape index (κ1) is 19.8. The summed E-state index contributed by atoms with van der Waals surface area (Å²) >= 11 is 0. The zero-order valence-corrected chi connectivity index (χ0v) is 17.4. The molecule has 0 aliphatic heterocycles. The van der Waals surface area contributed by atoms with Crippen LogP contribution in [0.2, 0.25) is 0 Å². The third-order valence-corrected chi connectivity index (χ3v) is 5.02. The Labute approximate surface area is 177 Å². The lowest BCUT2D eigenvalue weighted by Gasteiger charge is -2.10. The fourth-order valence-electron chi connectivity index (χ4n) is 3.54. The van der Waals surface area contributed by atoms with E-state index in [2.05, 4.69) is 54.0 Å². The topological polar surface area (TPSA) is 36.3 Å². The van der Waals surface area contributed by atoms with E-state index in [9.17, 15) is 0 Å². The molecule has 152 valence electrons. The van der Waals surface area contributed by atoms with E-state index in [0.29, 0.717) is 6.61 Å². The summed E-state index contributed by atoms with van der Waals surface area (Å²) < 4.78 is 13.6. The number of aryl methyl sites for hydroxylation is 2. The smallest absolute Gasteiger partial charge is 0.133 e. The molecular weight excluding hydrogens is 372 g/mol. The number of benzene rings is 3. The summed E-state index contributed by atoms with van der Waals surface area (Å²) in [5, 5.41) is 0. The number of methoxy groups -OCH3 is 1. The van der Waals surface area contributed by atoms with Crippen molar-refractivity contribution in [1.82, 2.24) is 9.55 Å². The highest BCUT2D eigenvalue weighted by Gasteiger charge is 2.08. The number of nitrogens with zero attached hydrogens (tertiary/aromatic N) is 2. The SMILES string of the molecule is COc1ccccc1C=Cc1nc2ccccc2n1CCCOc1cccc(C)c1. The quantitative estimate of drug-likeness (QED) is 0.342. The normalized spacial score (nSPS) is 11.3. The van der Waals surface area contributed by atoms with Gasteiger partial charge in [0.25, 0.3) is 0 Å². The fourth-order valence-corrected chi connectivity index (χ4v) is 3.54. The van der Waals surface area contributed by atoms with Crippen LogP contribution in [0.15, 0.2) is 72.8 Å². The molecule has 30 heavy (non-hydrogen) atoms. The van der Waals surface area contributed by atoms with Crippen LogP contribution < -0.4 is 9.47 Å². The maximum atomic E-state index is 5.93. The van der Waals surface area contributed by atoms with Crippen LogP contribution in [0.4, 0.5) is 0 Å². The largest absolute Gasteiger partial charge is 0.496 e. The summed E-state index contributed by atoms with van der Waals surface area (Å²) in [6, 6.07) is 24.4. The molecule has 0 amide bonds. The minimum Gasteiger partial charge on any atom is -0.496 e. The second kappa shape index (κ2) is 9.31. The molecule has 0 saturated heterocycles. The van der Waals surface area contributed by atoms with Crippen LogP contribution in [0.5, 0.6) is 11.5 Å². The van der Waals surface area contributed by atoms with E-state index in [1.165, 1.54) is 5.56 Å². The van der Waals surface area contributed by atoms with Crippen molar-refractivity contribution in [3.05, 3.63) is 89.7 Å². The number of imidazole rings is 1. The number of hydrogen-bond acceptors (Lipinski definition) is 3. The maximum absolute atomic E-state index is 5.93. The van der Waals surface area contributed by atoms with Gasteiger partial charge in [-0.05, 0) is 61.4 Å². The summed E-state index contributed by atoms with van der Waals surface area (Å²) in [6.45, 7) is 3.56. The standard InChI is InChI=1S/C26H26N2O2/c1-20-9-7-11-22(19-20)30-18-8-17-28-24-13-5-4-12-23(24)27-26(28)16-15-21-10-3-6-14-25(21)29-2/h3-7,9-16,19H,8,17-18H2,1-2H3. The monoisotopic (exact) mass is 398 g/mol. The van der Waals surface area contributed by atoms with Gasteiger partial charge in [0.05, 0.1) is 24.8 Å². The fraction of sp³-hybridized carbons (Fsp3) is 0.192. The molecule has 3 aromatic carbocycles. The number of ether oxygens (including phenoxy) is 2. The van der Waals surface area contributed by atoms with Crippen molar-refractivity contribution in [3.63, 3.8) is 0 Å². The number of fused-ring (bicyclic) bond motifs is 1. The van der Waals surface area contributed by atoms with Crippen molar-refractivity contribution in [2.24, 2.45) is 0 Å². The lowest BCUT2D eigenvalue weighted by Crippen LogP contribution is -2.06. The van der Waals surface area contributed by atoms with Crippen molar-refractivity contribution in [2.75, 3.05) is 13.7 Å². The average molecular weight is 399 g/mol. The molecule has 0 radical (unpaired) electrons. The molecule has 0 spiro atoms. The van der Waals surface area contributed by atoms with Gasteiger partial charge in [0.1, 0.15) is 17.3 Å². The van der Waals surface area contributed by atoms with Gasteiger partial charge in [-0.15, -0.1) is 0 Å². The molecule has 0 aliphatic carbocycles. The molecule has 0 atom stereocenters. The van der Waals surface area contributed by atoms with E-state index in [0.717, 1.165) is 46.9 Å². The Balaban J connectivity index is 1.52. The Morgan fingerprint density at radius 2 is 1.77 bits per heavy atom. The van der Waals surface area contributed by atoms with E-state index in [1.807, 2.05) is 42.5 Å². The molecule has 4 aromatic rings. The summed E-state index contributed by atoms with van der Waals surface area (Å²) in [5.74, 6) is 2.70. The molecule has 0 saturated carbocycles. The van der Waals surface area contributed by atoms with Gasteiger partial charge in [0.2, 0.25) is 0 Å². The molecule has 4 nitrogen and oxygen atoms in total. The Morgan fingerprint density at radius 1 is 0.933 bits per heavy atom. The summed E-state index contributed by atoms with van der Waals surface area (Å²) in [7, 11) is 1.69. The molecule has 0 N–H and O–H groups in total. The average Bonchev–Trinajstić information content (AvgIpc) is 3.13. The molecule has 0 bridgehead atoms. The summed E-state index contributed by atoms with van der Waals surface area (Å²) in [4.78, 5) is 4.83. The van der Waals surface area contributed by atoms with Gasteiger partial charge in [0, 0.05) is 12.1 Å². The van der Waals surface area contributed by atoms with Crippen molar-refractivity contribution < 1.29 is 9.47 Å². The Bertz CT molecular complexity index is 1160.